The molecule has 10 aromatic rings. The minimum atomic E-state index is 0.851. The van der Waals surface area contributed by atoms with E-state index in [-0.39, 0.29) is 0 Å². The molecule has 0 aliphatic rings. The van der Waals surface area contributed by atoms with E-state index in [9.17, 15) is 0 Å². The predicted molar refractivity (Wildman–Crippen MR) is 247 cm³/mol. The third-order valence-electron chi connectivity index (χ3n) is 10.9. The highest BCUT2D eigenvalue weighted by molar-refractivity contribution is 5.92. The molecule has 0 amide bonds. The summed E-state index contributed by atoms with van der Waals surface area (Å²) in [6, 6.07) is 83.7. The van der Waals surface area contributed by atoms with E-state index in [1.807, 2.05) is 30.3 Å². The Hall–Kier alpha value is -7.88. The third kappa shape index (κ3) is 7.30. The van der Waals surface area contributed by atoms with Gasteiger partial charge in [-0.15, -0.1) is 0 Å². The quantitative estimate of drug-likeness (QED) is 0.147. The lowest BCUT2D eigenvalue weighted by molar-refractivity contribution is 1.27. The van der Waals surface area contributed by atoms with Crippen LogP contribution in [0.1, 0.15) is 0 Å². The van der Waals surface area contributed by atoms with Gasteiger partial charge in [0.1, 0.15) is 0 Å². The van der Waals surface area contributed by atoms with Gasteiger partial charge in [0.15, 0.2) is 0 Å². The highest BCUT2D eigenvalue weighted by atomic mass is 15.1. The molecule has 9 aromatic carbocycles. The fourth-order valence-corrected chi connectivity index (χ4v) is 7.91. The van der Waals surface area contributed by atoms with Crippen molar-refractivity contribution in [1.82, 2.24) is 9.97 Å². The number of rotatable bonds is 9. The average Bonchev–Trinajstić information content (AvgIpc) is 3.33. The van der Waals surface area contributed by atoms with Gasteiger partial charge in [-0.1, -0.05) is 188 Å². The fraction of sp³-hybridized carbons (Fsp3) is 0. The summed E-state index contributed by atoms with van der Waals surface area (Å²) in [5.74, 6) is 0. The summed E-state index contributed by atoms with van der Waals surface area (Å²) >= 11 is 0. The number of benzene rings is 9. The number of hydrogen-bond donors (Lipinski definition) is 0. The molecule has 0 saturated carbocycles. The first kappa shape index (κ1) is 35.5. The van der Waals surface area contributed by atoms with Crippen LogP contribution in [0.25, 0.3) is 78.1 Å². The molecule has 0 radical (unpaired) electrons. The van der Waals surface area contributed by atoms with Crippen molar-refractivity contribution in [2.75, 3.05) is 4.90 Å². The zero-order chi connectivity index (χ0) is 39.4. The van der Waals surface area contributed by atoms with Crippen molar-refractivity contribution in [1.29, 1.82) is 0 Å². The first-order valence-corrected chi connectivity index (χ1v) is 20.0. The van der Waals surface area contributed by atoms with Crippen LogP contribution in [0, 0.1) is 0 Å². The van der Waals surface area contributed by atoms with Crippen LogP contribution in [0.5, 0.6) is 0 Å². The molecular weight excluding hydrogens is 715 g/mol. The van der Waals surface area contributed by atoms with Crippen molar-refractivity contribution in [2.45, 2.75) is 0 Å². The largest absolute Gasteiger partial charge is 0.310 e. The summed E-state index contributed by atoms with van der Waals surface area (Å²) < 4.78 is 0. The molecule has 1 heterocycles. The maximum atomic E-state index is 5.21. The third-order valence-corrected chi connectivity index (χ3v) is 10.9. The van der Waals surface area contributed by atoms with Crippen LogP contribution in [-0.4, -0.2) is 9.97 Å². The second-order valence-electron chi connectivity index (χ2n) is 14.6. The Morgan fingerprint density at radius 2 is 0.627 bits per heavy atom. The van der Waals surface area contributed by atoms with E-state index in [1.54, 1.807) is 0 Å². The fourth-order valence-electron chi connectivity index (χ4n) is 7.91. The highest BCUT2D eigenvalue weighted by Crippen LogP contribution is 2.44. The first-order valence-electron chi connectivity index (χ1n) is 20.0. The molecule has 0 unspecified atom stereocenters. The van der Waals surface area contributed by atoms with Gasteiger partial charge in [-0.2, -0.15) is 0 Å². The number of hydrogen-bond acceptors (Lipinski definition) is 3. The Morgan fingerprint density at radius 3 is 1.15 bits per heavy atom. The maximum absolute atomic E-state index is 5.21. The van der Waals surface area contributed by atoms with Gasteiger partial charge in [0, 0.05) is 28.1 Å². The number of anilines is 3. The number of para-hydroxylation sites is 3. The van der Waals surface area contributed by atoms with Crippen molar-refractivity contribution >= 4 is 28.1 Å². The van der Waals surface area contributed by atoms with Gasteiger partial charge in [0.2, 0.25) is 0 Å². The molecule has 3 nitrogen and oxygen atoms in total. The van der Waals surface area contributed by atoms with E-state index in [0.717, 1.165) is 84.0 Å². The number of aromatic nitrogens is 2. The molecule has 0 bridgehead atoms. The number of nitrogens with zero attached hydrogens (tertiary/aromatic N) is 3. The molecule has 0 aliphatic carbocycles. The summed E-state index contributed by atoms with van der Waals surface area (Å²) in [5.41, 5.74) is 17.9. The highest BCUT2D eigenvalue weighted by Gasteiger charge is 2.21. The maximum Gasteiger partial charge on any atom is 0.0973 e. The molecule has 0 saturated heterocycles. The summed E-state index contributed by atoms with van der Waals surface area (Å²) in [7, 11) is 0. The zero-order valence-electron chi connectivity index (χ0n) is 32.4. The Kier molecular flexibility index (Phi) is 9.59. The molecule has 3 heteroatoms. The van der Waals surface area contributed by atoms with E-state index in [1.165, 1.54) is 11.1 Å². The molecule has 0 spiro atoms. The predicted octanol–water partition coefficient (Wildman–Crippen LogP) is 15.1. The van der Waals surface area contributed by atoms with Crippen molar-refractivity contribution in [2.24, 2.45) is 0 Å². The van der Waals surface area contributed by atoms with Gasteiger partial charge < -0.3 is 4.90 Å². The Bertz CT molecular complexity index is 2940. The second kappa shape index (κ2) is 15.9. The lowest BCUT2D eigenvalue weighted by atomic mass is 9.95. The smallest absolute Gasteiger partial charge is 0.0973 e. The van der Waals surface area contributed by atoms with E-state index < -0.39 is 0 Å². The zero-order valence-corrected chi connectivity index (χ0v) is 32.4. The van der Waals surface area contributed by atoms with Gasteiger partial charge in [-0.25, -0.2) is 9.97 Å². The summed E-state index contributed by atoms with van der Waals surface area (Å²) in [5, 5.41) is 0. The van der Waals surface area contributed by atoms with Crippen molar-refractivity contribution in [3.05, 3.63) is 237 Å². The van der Waals surface area contributed by atoms with Crippen LogP contribution in [0.3, 0.4) is 0 Å². The molecular formula is C56H39N3. The Morgan fingerprint density at radius 1 is 0.254 bits per heavy atom. The van der Waals surface area contributed by atoms with Crippen LogP contribution in [0.2, 0.25) is 0 Å². The van der Waals surface area contributed by atoms with Crippen LogP contribution >= 0.6 is 0 Å². The monoisotopic (exact) mass is 753 g/mol. The second-order valence-corrected chi connectivity index (χ2v) is 14.6. The molecule has 0 aliphatic heterocycles. The van der Waals surface area contributed by atoms with Gasteiger partial charge in [-0.3, -0.25) is 0 Å². The summed E-state index contributed by atoms with van der Waals surface area (Å²) in [6.07, 6.45) is 0. The lowest BCUT2D eigenvalue weighted by Crippen LogP contribution is -2.11. The first-order chi connectivity index (χ1) is 29.2. The Labute approximate surface area is 345 Å². The molecule has 10 rings (SSSR count). The van der Waals surface area contributed by atoms with Crippen LogP contribution in [0.15, 0.2) is 237 Å². The molecule has 59 heavy (non-hydrogen) atoms. The molecule has 0 N–H and O–H groups in total. The molecule has 0 atom stereocenters. The van der Waals surface area contributed by atoms with E-state index in [0.29, 0.717) is 0 Å². The van der Waals surface area contributed by atoms with Crippen LogP contribution in [0.4, 0.5) is 17.1 Å². The van der Waals surface area contributed by atoms with Crippen LogP contribution < -0.4 is 4.90 Å². The van der Waals surface area contributed by atoms with Gasteiger partial charge in [0.05, 0.1) is 28.1 Å². The van der Waals surface area contributed by atoms with Gasteiger partial charge in [0.25, 0.3) is 0 Å². The minimum absolute atomic E-state index is 0.851. The van der Waals surface area contributed by atoms with E-state index in [4.69, 9.17) is 9.97 Å². The topological polar surface area (TPSA) is 29.0 Å². The van der Waals surface area contributed by atoms with E-state index >= 15 is 0 Å². The summed E-state index contributed by atoms with van der Waals surface area (Å²) in [6.45, 7) is 0. The van der Waals surface area contributed by atoms with Gasteiger partial charge >= 0.3 is 0 Å². The molecule has 1 aromatic heterocycles. The van der Waals surface area contributed by atoms with Crippen molar-refractivity contribution in [3.8, 4) is 67.0 Å². The summed E-state index contributed by atoms with van der Waals surface area (Å²) in [4.78, 5) is 12.8. The minimum Gasteiger partial charge on any atom is -0.310 e. The van der Waals surface area contributed by atoms with Crippen molar-refractivity contribution in [3.63, 3.8) is 0 Å². The lowest BCUT2D eigenvalue weighted by Gasteiger charge is -2.29. The molecule has 0 fully saturated rings. The van der Waals surface area contributed by atoms with Gasteiger partial charge in [-0.05, 0) is 87.5 Å². The van der Waals surface area contributed by atoms with Crippen LogP contribution in [-0.2, 0) is 0 Å². The standard InChI is InChI=1S/C56H39N3/c1-5-17-40(18-6-1)43-29-31-44(32-30-43)51-25-13-16-28-54(51)59(50-38-47(41-19-7-2-8-20-41)37-48(39-50)42-21-9-3-10-22-42)49-35-33-46(34-36-49)56-55(45-23-11-4-12-24-45)57-52-26-14-15-27-53(52)58-56/h1-39H. The molecule has 278 valence electrons. The van der Waals surface area contributed by atoms with Crippen molar-refractivity contribution < 1.29 is 0 Å². The normalized spacial score (nSPS) is 11.1. The average molecular weight is 754 g/mol. The SMILES string of the molecule is c1ccc(-c2ccc(-c3ccccc3N(c3ccc(-c4nc5ccccc5nc4-c4ccccc4)cc3)c3cc(-c4ccccc4)cc(-c4ccccc4)c3)cc2)cc1. The number of fused-ring (bicyclic) bond motifs is 1. The Balaban J connectivity index is 1.16. The van der Waals surface area contributed by atoms with E-state index in [2.05, 4.69) is 211 Å².